The molecule has 0 fully saturated rings. The van der Waals surface area contributed by atoms with Gasteiger partial charge in [-0.25, -0.2) is 17.2 Å². The average Bonchev–Trinajstić information content (AvgIpc) is 3.00. The number of nitrogens with two attached hydrogens (primary N) is 1. The molecule has 262 valence electrons. The van der Waals surface area contributed by atoms with Gasteiger partial charge < -0.3 is 26.3 Å². The van der Waals surface area contributed by atoms with Crippen LogP contribution < -0.4 is 16.4 Å². The van der Waals surface area contributed by atoms with Crippen molar-refractivity contribution in [3.8, 4) is 12.8 Å². The molecule has 2 atom stereocenters. The number of halogens is 5. The predicted octanol–water partition coefficient (Wildman–Crippen LogP) is 4.52. The summed E-state index contributed by atoms with van der Waals surface area (Å²) in [5.74, 6) is -2.32. The zero-order chi connectivity index (χ0) is 36.3. The Kier molecular flexibility index (Phi) is 27.4. The number of sulfone groups is 1. The Morgan fingerprint density at radius 1 is 0.978 bits per heavy atom. The number of terminal acetylenes is 1. The lowest BCUT2D eigenvalue weighted by Gasteiger charge is -2.25. The molecular weight excluding hydrogens is 633 g/mol. The van der Waals surface area contributed by atoms with E-state index < -0.39 is 45.7 Å². The van der Waals surface area contributed by atoms with Crippen molar-refractivity contribution < 1.29 is 45.1 Å². The van der Waals surface area contributed by atoms with Crippen LogP contribution in [0.5, 0.6) is 0 Å². The number of benzene rings is 2. The third kappa shape index (κ3) is 25.9. The van der Waals surface area contributed by atoms with E-state index in [4.69, 9.17) is 4.79 Å². The number of aryl methyl sites for hydroxylation is 1. The Bertz CT molecular complexity index is 1200. The minimum absolute atomic E-state index is 0.0167. The molecule has 0 spiro atoms. The molecule has 0 saturated carbocycles. The number of alkyl halides is 3. The van der Waals surface area contributed by atoms with Crippen LogP contribution in [0, 0.1) is 24.5 Å². The Labute approximate surface area is 270 Å². The zero-order valence-corrected chi connectivity index (χ0v) is 27.7. The van der Waals surface area contributed by atoms with Gasteiger partial charge in [0.2, 0.25) is 5.91 Å². The lowest BCUT2D eigenvalue weighted by molar-refractivity contribution is -0.122. The summed E-state index contributed by atoms with van der Waals surface area (Å²) in [4.78, 5) is 20.5. The minimum Gasteiger partial charge on any atom is -0.390 e. The summed E-state index contributed by atoms with van der Waals surface area (Å²) in [5.41, 5.74) is 7.01. The number of hydrogen-bond donors (Lipinski definition) is 4. The molecule has 0 aliphatic rings. The molecule has 0 radical (unpaired) electrons. The molecule has 5 N–H and O–H groups in total. The van der Waals surface area contributed by atoms with Crippen molar-refractivity contribution in [1.82, 2.24) is 10.6 Å². The van der Waals surface area contributed by atoms with E-state index in [1.165, 1.54) is 12.6 Å². The minimum atomic E-state index is -4.00. The van der Waals surface area contributed by atoms with Crippen molar-refractivity contribution in [3.05, 3.63) is 70.8 Å². The molecule has 8 nitrogen and oxygen atoms in total. The van der Waals surface area contributed by atoms with Gasteiger partial charge in [-0.05, 0) is 55.1 Å². The highest BCUT2D eigenvalue weighted by molar-refractivity contribution is 7.91. The summed E-state index contributed by atoms with van der Waals surface area (Å²) in [6.07, 6.45) is 4.84. The number of unbranched alkanes of at least 4 members (excludes halogenated alkanes) is 1. The van der Waals surface area contributed by atoms with Crippen molar-refractivity contribution in [2.45, 2.75) is 77.7 Å². The fraction of sp³-hybridized carbons (Fsp3) is 0.500. The molecule has 0 aromatic heterocycles. The van der Waals surface area contributed by atoms with Gasteiger partial charge in [-0.15, -0.1) is 12.8 Å². The molecule has 0 heterocycles. The van der Waals surface area contributed by atoms with E-state index in [0.29, 0.717) is 13.0 Å². The predicted molar refractivity (Wildman–Crippen MR) is 173 cm³/mol. The summed E-state index contributed by atoms with van der Waals surface area (Å²) >= 11 is 0. The third-order valence-electron chi connectivity index (χ3n) is 5.72. The summed E-state index contributed by atoms with van der Waals surface area (Å²) in [7, 11) is -1.85. The van der Waals surface area contributed by atoms with Crippen molar-refractivity contribution in [2.24, 2.45) is 5.73 Å². The van der Waals surface area contributed by atoms with Crippen molar-refractivity contribution in [3.63, 3.8) is 0 Å². The first-order valence-corrected chi connectivity index (χ1v) is 16.1. The lowest BCUT2D eigenvalue weighted by Crippen LogP contribution is -2.49. The van der Waals surface area contributed by atoms with E-state index in [1.54, 1.807) is 0 Å². The van der Waals surface area contributed by atoms with Crippen LogP contribution in [0.2, 0.25) is 0 Å². The Hall–Kier alpha value is -3.38. The molecule has 2 rings (SSSR count). The standard InChI is InChI=1S/C26H36F2N2O4S.C2H3F3.C2H2.CH5N.CH2O/c1-3-5-10-35(33,34)11-9-26(32)30-24(15-21-13-22(27)16-23(28)14-21)25(31)18-29-17-20-8-6-7-19(4-2)12-20;1-2(3,4)5;3*1-2/h6-8,12-14,16,24-25,29,31H,3-5,9-11,15,17-18H2,1-2H3,(H,30,32);1H3;1-2H;2H2,1H3;1H2/t24-,25+;;;;/m0..../s1. The molecule has 0 bridgehead atoms. The summed E-state index contributed by atoms with van der Waals surface area (Å²) in [6, 6.07) is 10.2. The summed E-state index contributed by atoms with van der Waals surface area (Å²) in [6.45, 7) is 6.75. The molecule has 2 aromatic carbocycles. The quantitative estimate of drug-likeness (QED) is 0.160. The lowest BCUT2D eigenvalue weighted by atomic mass is 10.0. The Morgan fingerprint density at radius 2 is 1.50 bits per heavy atom. The second-order valence-electron chi connectivity index (χ2n) is 9.56. The van der Waals surface area contributed by atoms with Crippen LogP contribution in [-0.4, -0.2) is 69.6 Å². The van der Waals surface area contributed by atoms with Crippen LogP contribution in [0.15, 0.2) is 42.5 Å². The van der Waals surface area contributed by atoms with E-state index in [9.17, 15) is 40.3 Å². The molecule has 0 unspecified atom stereocenters. The van der Waals surface area contributed by atoms with Crippen LogP contribution in [0.3, 0.4) is 0 Å². The maximum absolute atomic E-state index is 13.7. The van der Waals surface area contributed by atoms with Crippen LogP contribution >= 0.6 is 0 Å². The second kappa shape index (κ2) is 26.8. The molecule has 0 aliphatic carbocycles. The number of aliphatic hydroxyl groups is 1. The maximum atomic E-state index is 13.7. The Balaban J connectivity index is -0.00000148. The van der Waals surface area contributed by atoms with Crippen molar-refractivity contribution in [1.29, 1.82) is 0 Å². The van der Waals surface area contributed by atoms with Crippen LogP contribution in [0.25, 0.3) is 0 Å². The number of hydrogen-bond acceptors (Lipinski definition) is 7. The number of carbonyl (C=O) groups excluding carboxylic acids is 2. The van der Waals surface area contributed by atoms with Gasteiger partial charge in [0.1, 0.15) is 18.4 Å². The largest absolute Gasteiger partial charge is 0.390 e. The first kappa shape index (κ1) is 47.0. The van der Waals surface area contributed by atoms with Gasteiger partial charge in [-0.3, -0.25) is 4.79 Å². The van der Waals surface area contributed by atoms with Crippen molar-refractivity contribution >= 4 is 22.5 Å². The van der Waals surface area contributed by atoms with Gasteiger partial charge in [-0.2, -0.15) is 13.2 Å². The molecule has 0 saturated heterocycles. The number of aliphatic hydroxyl groups excluding tert-OH is 1. The molecular formula is C32H48F5N3O5S. The maximum Gasteiger partial charge on any atom is 0.386 e. The van der Waals surface area contributed by atoms with E-state index in [2.05, 4.69) is 42.2 Å². The first-order valence-electron chi connectivity index (χ1n) is 14.3. The average molecular weight is 682 g/mol. The number of amides is 1. The molecule has 2 aromatic rings. The number of carbonyl (C=O) groups is 2. The number of nitrogens with one attached hydrogen (secondary N) is 2. The highest BCUT2D eigenvalue weighted by Gasteiger charge is 2.23. The fourth-order valence-corrected chi connectivity index (χ4v) is 5.15. The topological polar surface area (TPSA) is 139 Å². The number of rotatable bonds is 15. The van der Waals surface area contributed by atoms with Gasteiger partial charge in [0.05, 0.1) is 23.7 Å². The van der Waals surface area contributed by atoms with E-state index in [0.717, 1.165) is 36.6 Å². The molecule has 0 aliphatic heterocycles. The second-order valence-corrected chi connectivity index (χ2v) is 11.9. The van der Waals surface area contributed by atoms with Crippen LogP contribution in [-0.2, 0) is 38.8 Å². The molecule has 1 amide bonds. The normalized spacial score (nSPS) is 11.8. The smallest absolute Gasteiger partial charge is 0.386 e. The van der Waals surface area contributed by atoms with Gasteiger partial charge in [0.15, 0.2) is 9.84 Å². The molecule has 46 heavy (non-hydrogen) atoms. The van der Waals surface area contributed by atoms with Gasteiger partial charge in [0, 0.05) is 32.5 Å². The monoisotopic (exact) mass is 681 g/mol. The zero-order valence-electron chi connectivity index (χ0n) is 26.9. The summed E-state index contributed by atoms with van der Waals surface area (Å²) in [5, 5.41) is 16.6. The van der Waals surface area contributed by atoms with Gasteiger partial charge in [0.25, 0.3) is 0 Å². The van der Waals surface area contributed by atoms with Crippen LogP contribution in [0.1, 0.15) is 56.7 Å². The van der Waals surface area contributed by atoms with Crippen LogP contribution in [0.4, 0.5) is 22.0 Å². The van der Waals surface area contributed by atoms with Crippen molar-refractivity contribution in [2.75, 3.05) is 25.1 Å². The summed E-state index contributed by atoms with van der Waals surface area (Å²) < 4.78 is 82.6. The van der Waals surface area contributed by atoms with E-state index >= 15 is 0 Å². The fourth-order valence-electron chi connectivity index (χ4n) is 3.73. The van der Waals surface area contributed by atoms with E-state index in [1.807, 2.05) is 31.9 Å². The van der Waals surface area contributed by atoms with Gasteiger partial charge in [-0.1, -0.05) is 44.5 Å². The SMILES string of the molecule is C#C.C=O.CC(F)(F)F.CCCCS(=O)(=O)CCC(=O)N[C@@H](Cc1cc(F)cc(F)c1)[C@H](O)CNCc1cccc(CC)c1.CN. The molecule has 14 heteroatoms. The highest BCUT2D eigenvalue weighted by Crippen LogP contribution is 2.13. The van der Waals surface area contributed by atoms with E-state index in [-0.39, 0.29) is 43.4 Å². The first-order chi connectivity index (χ1) is 21.6. The Morgan fingerprint density at radius 3 is 2.00 bits per heavy atom. The third-order valence-corrected chi connectivity index (χ3v) is 7.46. The van der Waals surface area contributed by atoms with Gasteiger partial charge >= 0.3 is 6.18 Å². The highest BCUT2D eigenvalue weighted by atomic mass is 32.2.